The molecule has 4 heteroatoms. The van der Waals surface area contributed by atoms with E-state index in [0.29, 0.717) is 6.54 Å². The molecule has 0 saturated heterocycles. The zero-order chi connectivity index (χ0) is 12.1. The van der Waals surface area contributed by atoms with Crippen LogP contribution in [0.1, 0.15) is 12.5 Å². The van der Waals surface area contributed by atoms with Crippen molar-refractivity contribution >= 4 is 17.3 Å². The third-order valence-corrected chi connectivity index (χ3v) is 2.59. The van der Waals surface area contributed by atoms with Crippen LogP contribution in [0.15, 0.2) is 18.2 Å². The van der Waals surface area contributed by atoms with E-state index >= 15 is 0 Å². The maximum Gasteiger partial charge on any atom is 0.0686 e. The van der Waals surface area contributed by atoms with Crippen molar-refractivity contribution in [2.24, 2.45) is 0 Å². The van der Waals surface area contributed by atoms with Crippen LogP contribution >= 0.6 is 11.6 Å². The molecule has 1 aromatic rings. The summed E-state index contributed by atoms with van der Waals surface area (Å²) in [5.74, 6) is 0. The molecule has 0 amide bonds. The topological polar surface area (TPSA) is 35.5 Å². The maximum atomic E-state index is 9.38. The van der Waals surface area contributed by atoms with Gasteiger partial charge in [0.25, 0.3) is 0 Å². The van der Waals surface area contributed by atoms with E-state index in [2.05, 4.69) is 5.32 Å². The first-order valence-corrected chi connectivity index (χ1v) is 5.74. The number of rotatable bonds is 5. The quantitative estimate of drug-likeness (QED) is 0.828. The number of benzene rings is 1. The van der Waals surface area contributed by atoms with E-state index in [9.17, 15) is 5.11 Å². The molecule has 0 heterocycles. The predicted octanol–water partition coefficient (Wildman–Crippen LogP) is 1.88. The van der Waals surface area contributed by atoms with E-state index in [0.717, 1.165) is 22.8 Å². The minimum Gasteiger partial charge on any atom is -0.392 e. The van der Waals surface area contributed by atoms with Crippen molar-refractivity contribution in [2.45, 2.75) is 19.6 Å². The lowest BCUT2D eigenvalue weighted by molar-refractivity contribution is 0.201. The summed E-state index contributed by atoms with van der Waals surface area (Å²) in [5, 5.41) is 13.2. The van der Waals surface area contributed by atoms with E-state index in [1.165, 1.54) is 0 Å². The van der Waals surface area contributed by atoms with E-state index in [-0.39, 0.29) is 6.10 Å². The van der Waals surface area contributed by atoms with Crippen LogP contribution in [0.5, 0.6) is 0 Å². The minimum atomic E-state index is -0.344. The first-order chi connectivity index (χ1) is 7.54. The Morgan fingerprint density at radius 2 is 2.19 bits per heavy atom. The Bertz CT molecular complexity index is 342. The number of likely N-dealkylation sites (N-methyl/N-ethyl adjacent to an activating group) is 1. The highest BCUT2D eigenvalue weighted by Crippen LogP contribution is 2.23. The molecule has 0 fully saturated rings. The summed E-state index contributed by atoms with van der Waals surface area (Å²) in [6.45, 7) is 3.16. The SMILES string of the molecule is CNCc1cc(Cl)ccc1N(C)CC(C)O. The van der Waals surface area contributed by atoms with Crippen LogP contribution in [0.25, 0.3) is 0 Å². The standard InChI is InChI=1S/C12H19ClN2O/c1-9(16)8-15(3)12-5-4-11(13)6-10(12)7-14-2/h4-6,9,14,16H,7-8H2,1-3H3. The molecule has 1 rings (SSSR count). The predicted molar refractivity (Wildman–Crippen MR) is 69.2 cm³/mol. The monoisotopic (exact) mass is 242 g/mol. The van der Waals surface area contributed by atoms with Gasteiger partial charge in [-0.3, -0.25) is 0 Å². The molecule has 0 radical (unpaired) electrons. The molecule has 2 N–H and O–H groups in total. The summed E-state index contributed by atoms with van der Waals surface area (Å²) >= 11 is 5.97. The number of halogens is 1. The summed E-state index contributed by atoms with van der Waals surface area (Å²) in [6.07, 6.45) is -0.344. The molecule has 1 aromatic carbocycles. The Balaban J connectivity index is 2.92. The Kier molecular flexibility index (Phi) is 5.06. The highest BCUT2D eigenvalue weighted by Gasteiger charge is 2.09. The Morgan fingerprint density at radius 1 is 1.50 bits per heavy atom. The Hall–Kier alpha value is -0.770. The van der Waals surface area contributed by atoms with Gasteiger partial charge in [0.1, 0.15) is 0 Å². The van der Waals surface area contributed by atoms with Gasteiger partial charge >= 0.3 is 0 Å². The smallest absolute Gasteiger partial charge is 0.0686 e. The molecular formula is C12H19ClN2O. The number of anilines is 1. The zero-order valence-corrected chi connectivity index (χ0v) is 10.8. The Labute approximate surface area is 102 Å². The maximum absolute atomic E-state index is 9.38. The van der Waals surface area contributed by atoms with Crippen LogP contribution in [-0.4, -0.2) is 31.9 Å². The number of hydrogen-bond acceptors (Lipinski definition) is 3. The molecule has 0 saturated carbocycles. The summed E-state index contributed by atoms with van der Waals surface area (Å²) in [5.41, 5.74) is 2.23. The number of nitrogens with one attached hydrogen (secondary N) is 1. The van der Waals surface area contributed by atoms with Crippen LogP contribution < -0.4 is 10.2 Å². The van der Waals surface area contributed by atoms with Gasteiger partial charge in [0, 0.05) is 30.8 Å². The van der Waals surface area contributed by atoms with Gasteiger partial charge in [0.2, 0.25) is 0 Å². The zero-order valence-electron chi connectivity index (χ0n) is 10.00. The second-order valence-corrected chi connectivity index (χ2v) is 4.47. The van der Waals surface area contributed by atoms with Crippen molar-refractivity contribution in [3.8, 4) is 0 Å². The van der Waals surface area contributed by atoms with Crippen molar-refractivity contribution in [1.82, 2.24) is 5.32 Å². The molecular weight excluding hydrogens is 224 g/mol. The van der Waals surface area contributed by atoms with Crippen LogP contribution in [0.4, 0.5) is 5.69 Å². The average molecular weight is 243 g/mol. The highest BCUT2D eigenvalue weighted by atomic mass is 35.5. The lowest BCUT2D eigenvalue weighted by Crippen LogP contribution is -2.28. The second kappa shape index (κ2) is 6.09. The van der Waals surface area contributed by atoms with Crippen LogP contribution in [-0.2, 0) is 6.54 Å². The van der Waals surface area contributed by atoms with Gasteiger partial charge in [-0.15, -0.1) is 0 Å². The van der Waals surface area contributed by atoms with Gasteiger partial charge in [-0.25, -0.2) is 0 Å². The molecule has 1 atom stereocenters. The molecule has 0 aliphatic rings. The van der Waals surface area contributed by atoms with Crippen LogP contribution in [0, 0.1) is 0 Å². The number of aliphatic hydroxyl groups excluding tert-OH is 1. The van der Waals surface area contributed by atoms with Gasteiger partial charge in [-0.2, -0.15) is 0 Å². The first kappa shape index (κ1) is 13.3. The molecule has 90 valence electrons. The highest BCUT2D eigenvalue weighted by molar-refractivity contribution is 6.30. The minimum absolute atomic E-state index is 0.344. The van der Waals surface area contributed by atoms with Gasteiger partial charge in [-0.1, -0.05) is 11.6 Å². The first-order valence-electron chi connectivity index (χ1n) is 5.36. The van der Waals surface area contributed by atoms with Gasteiger partial charge < -0.3 is 15.3 Å². The van der Waals surface area contributed by atoms with Gasteiger partial charge in [0.05, 0.1) is 6.10 Å². The molecule has 0 aliphatic heterocycles. The molecule has 3 nitrogen and oxygen atoms in total. The largest absolute Gasteiger partial charge is 0.392 e. The van der Waals surface area contributed by atoms with Crippen LogP contribution in [0.3, 0.4) is 0 Å². The summed E-state index contributed by atoms with van der Waals surface area (Å²) < 4.78 is 0. The van der Waals surface area contributed by atoms with Crippen molar-refractivity contribution in [1.29, 1.82) is 0 Å². The molecule has 1 unspecified atom stereocenters. The lowest BCUT2D eigenvalue weighted by atomic mass is 10.1. The number of hydrogen-bond donors (Lipinski definition) is 2. The Morgan fingerprint density at radius 3 is 2.75 bits per heavy atom. The molecule has 0 aliphatic carbocycles. The third kappa shape index (κ3) is 3.67. The third-order valence-electron chi connectivity index (χ3n) is 2.36. The summed E-state index contributed by atoms with van der Waals surface area (Å²) in [7, 11) is 3.87. The fraction of sp³-hybridized carbons (Fsp3) is 0.500. The summed E-state index contributed by atoms with van der Waals surface area (Å²) in [6, 6.07) is 5.80. The van der Waals surface area contributed by atoms with Crippen LogP contribution in [0.2, 0.25) is 5.02 Å². The molecule has 16 heavy (non-hydrogen) atoms. The van der Waals surface area contributed by atoms with E-state index < -0.39 is 0 Å². The van der Waals surface area contributed by atoms with Crippen molar-refractivity contribution < 1.29 is 5.11 Å². The van der Waals surface area contributed by atoms with E-state index in [4.69, 9.17) is 11.6 Å². The number of aliphatic hydroxyl groups is 1. The molecule has 0 spiro atoms. The van der Waals surface area contributed by atoms with Crippen molar-refractivity contribution in [3.63, 3.8) is 0 Å². The number of nitrogens with zero attached hydrogens (tertiary/aromatic N) is 1. The lowest BCUT2D eigenvalue weighted by Gasteiger charge is -2.24. The van der Waals surface area contributed by atoms with E-state index in [1.807, 2.05) is 37.2 Å². The fourth-order valence-electron chi connectivity index (χ4n) is 1.75. The molecule has 0 aromatic heterocycles. The normalized spacial score (nSPS) is 12.6. The van der Waals surface area contributed by atoms with E-state index in [1.54, 1.807) is 6.92 Å². The fourth-order valence-corrected chi connectivity index (χ4v) is 1.95. The summed E-state index contributed by atoms with van der Waals surface area (Å²) in [4.78, 5) is 2.04. The molecule has 0 bridgehead atoms. The second-order valence-electron chi connectivity index (χ2n) is 4.03. The van der Waals surface area contributed by atoms with Gasteiger partial charge in [0.15, 0.2) is 0 Å². The van der Waals surface area contributed by atoms with Crippen molar-refractivity contribution in [3.05, 3.63) is 28.8 Å². The van der Waals surface area contributed by atoms with Crippen molar-refractivity contribution in [2.75, 3.05) is 25.5 Å². The van der Waals surface area contributed by atoms with Gasteiger partial charge in [-0.05, 0) is 37.7 Å². The average Bonchev–Trinajstić information content (AvgIpc) is 2.17.